The van der Waals surface area contributed by atoms with Crippen LogP contribution in [0.5, 0.6) is 11.5 Å². The van der Waals surface area contributed by atoms with E-state index >= 15 is 0 Å². The first kappa shape index (κ1) is 16.7. The number of hydrogen-bond acceptors (Lipinski definition) is 6. The molecule has 132 valence electrons. The molecule has 1 aliphatic heterocycles. The molecule has 0 fully saturated rings. The molecule has 0 spiro atoms. The Morgan fingerprint density at radius 1 is 0.923 bits per heavy atom. The maximum atomic E-state index is 5.36. The number of methoxy groups -OCH3 is 2. The second-order valence-corrected chi connectivity index (χ2v) is 6.86. The molecule has 7 heteroatoms. The van der Waals surface area contributed by atoms with Crippen molar-refractivity contribution in [2.75, 3.05) is 20.0 Å². The summed E-state index contributed by atoms with van der Waals surface area (Å²) in [4.78, 5) is 0. The zero-order valence-corrected chi connectivity index (χ0v) is 15.6. The molecule has 6 nitrogen and oxygen atoms in total. The van der Waals surface area contributed by atoms with E-state index in [-0.39, 0.29) is 0 Å². The van der Waals surface area contributed by atoms with Crippen LogP contribution in [0.3, 0.4) is 0 Å². The van der Waals surface area contributed by atoms with Crippen molar-refractivity contribution in [1.29, 1.82) is 0 Å². The Balaban J connectivity index is 1.79. The highest BCUT2D eigenvalue weighted by molar-refractivity contribution is 7.99. The van der Waals surface area contributed by atoms with Crippen LogP contribution in [-0.2, 0) is 0 Å². The molecule has 0 saturated carbocycles. The van der Waals surface area contributed by atoms with Crippen molar-refractivity contribution in [3.63, 3.8) is 0 Å². The summed E-state index contributed by atoms with van der Waals surface area (Å²) < 4.78 is 12.5. The Labute approximate surface area is 155 Å². The number of thioether (sulfide) groups is 1. The summed E-state index contributed by atoms with van der Waals surface area (Å²) in [5.41, 5.74) is 4.18. The summed E-state index contributed by atoms with van der Waals surface area (Å²) in [6, 6.07) is 14.0. The maximum Gasteiger partial charge on any atom is 0.212 e. The third-order valence-electron chi connectivity index (χ3n) is 4.17. The van der Waals surface area contributed by atoms with Crippen molar-refractivity contribution in [3.05, 3.63) is 53.6 Å². The number of nitrogens with zero attached hydrogens (tertiary/aromatic N) is 4. The highest BCUT2D eigenvalue weighted by Gasteiger charge is 2.21. The molecular weight excluding hydrogens is 348 g/mol. The molecule has 0 atom stereocenters. The zero-order chi connectivity index (χ0) is 18.1. The van der Waals surface area contributed by atoms with Gasteiger partial charge in [0.15, 0.2) is 5.82 Å². The Hall–Kier alpha value is -2.80. The van der Waals surface area contributed by atoms with Gasteiger partial charge in [0.25, 0.3) is 0 Å². The molecule has 0 unspecified atom stereocenters. The van der Waals surface area contributed by atoms with Crippen molar-refractivity contribution in [2.24, 2.45) is 5.10 Å². The number of fused-ring (bicyclic) bond motifs is 1. The van der Waals surface area contributed by atoms with E-state index in [0.717, 1.165) is 27.7 Å². The molecule has 2 aromatic carbocycles. The Bertz CT molecular complexity index is 957. The number of hydrogen-bond donors (Lipinski definition) is 0. The van der Waals surface area contributed by atoms with E-state index in [9.17, 15) is 0 Å². The van der Waals surface area contributed by atoms with Crippen LogP contribution in [0, 0.1) is 6.92 Å². The van der Waals surface area contributed by atoms with E-state index in [4.69, 9.17) is 14.6 Å². The second-order valence-electron chi connectivity index (χ2n) is 5.92. The van der Waals surface area contributed by atoms with Crippen molar-refractivity contribution in [1.82, 2.24) is 14.9 Å². The van der Waals surface area contributed by atoms with Gasteiger partial charge in [-0.25, -0.2) is 0 Å². The highest BCUT2D eigenvalue weighted by atomic mass is 32.2. The third kappa shape index (κ3) is 3.06. The smallest absolute Gasteiger partial charge is 0.212 e. The summed E-state index contributed by atoms with van der Waals surface area (Å²) in [7, 11) is 3.25. The largest absolute Gasteiger partial charge is 0.497 e. The monoisotopic (exact) mass is 366 g/mol. The zero-order valence-electron chi connectivity index (χ0n) is 14.8. The molecule has 0 N–H and O–H groups in total. The summed E-state index contributed by atoms with van der Waals surface area (Å²) in [5, 5.41) is 14.2. The van der Waals surface area contributed by atoms with Crippen LogP contribution in [0.15, 0.2) is 52.7 Å². The fourth-order valence-electron chi connectivity index (χ4n) is 2.73. The quantitative estimate of drug-likeness (QED) is 0.706. The van der Waals surface area contributed by atoms with Crippen LogP contribution in [-0.4, -0.2) is 40.6 Å². The van der Waals surface area contributed by atoms with Gasteiger partial charge in [-0.2, -0.15) is 9.78 Å². The van der Waals surface area contributed by atoms with Crippen molar-refractivity contribution < 1.29 is 9.47 Å². The summed E-state index contributed by atoms with van der Waals surface area (Å²) in [6.07, 6.45) is 0. The Morgan fingerprint density at radius 3 is 2.27 bits per heavy atom. The fourth-order valence-corrected chi connectivity index (χ4v) is 3.57. The van der Waals surface area contributed by atoms with Crippen LogP contribution in [0.1, 0.15) is 11.1 Å². The molecule has 1 aliphatic rings. The summed E-state index contributed by atoms with van der Waals surface area (Å²) in [5.74, 6) is 2.82. The molecule has 0 saturated heterocycles. The van der Waals surface area contributed by atoms with Crippen LogP contribution >= 0.6 is 11.8 Å². The van der Waals surface area contributed by atoms with E-state index in [1.165, 1.54) is 5.56 Å². The molecular formula is C19H18N4O2S. The standard InChI is InChI=1S/C19H18N4O2S/c1-12-4-6-13(7-5-12)17-11-26-19-21-20-18(23(19)22-17)14-8-15(24-2)10-16(9-14)25-3/h4-10H,11H2,1-3H3. The van der Waals surface area contributed by atoms with Gasteiger partial charge in [0.2, 0.25) is 5.16 Å². The minimum absolute atomic E-state index is 0.661. The predicted octanol–water partition coefficient (Wildman–Crippen LogP) is 3.63. The second kappa shape index (κ2) is 6.84. The third-order valence-corrected chi connectivity index (χ3v) is 5.10. The molecule has 0 aliphatic carbocycles. The molecule has 26 heavy (non-hydrogen) atoms. The molecule has 0 bridgehead atoms. The highest BCUT2D eigenvalue weighted by Crippen LogP contribution is 2.32. The number of aryl methyl sites for hydroxylation is 1. The van der Waals surface area contributed by atoms with Gasteiger partial charge in [0, 0.05) is 17.4 Å². The van der Waals surface area contributed by atoms with Crippen molar-refractivity contribution >= 4 is 17.5 Å². The lowest BCUT2D eigenvalue weighted by Crippen LogP contribution is -2.13. The lowest BCUT2D eigenvalue weighted by Gasteiger charge is -2.14. The maximum absolute atomic E-state index is 5.36. The lowest BCUT2D eigenvalue weighted by atomic mass is 10.1. The first-order valence-corrected chi connectivity index (χ1v) is 9.13. The minimum Gasteiger partial charge on any atom is -0.497 e. The number of benzene rings is 2. The summed E-state index contributed by atoms with van der Waals surface area (Å²) >= 11 is 1.63. The van der Waals surface area contributed by atoms with E-state index in [2.05, 4.69) is 41.4 Å². The molecule has 0 radical (unpaired) electrons. The van der Waals surface area contributed by atoms with Gasteiger partial charge in [0.05, 0.1) is 19.9 Å². The average Bonchev–Trinajstić information content (AvgIpc) is 3.11. The van der Waals surface area contributed by atoms with E-state index in [1.807, 2.05) is 18.2 Å². The molecule has 1 aromatic heterocycles. The first-order valence-electron chi connectivity index (χ1n) is 8.14. The molecule has 2 heterocycles. The fraction of sp³-hybridized carbons (Fsp3) is 0.211. The van der Waals surface area contributed by atoms with Gasteiger partial charge >= 0.3 is 0 Å². The molecule has 3 aromatic rings. The Morgan fingerprint density at radius 2 is 1.62 bits per heavy atom. The van der Waals surface area contributed by atoms with E-state index < -0.39 is 0 Å². The van der Waals surface area contributed by atoms with Crippen LogP contribution in [0.2, 0.25) is 0 Å². The predicted molar refractivity (Wildman–Crippen MR) is 102 cm³/mol. The van der Waals surface area contributed by atoms with Crippen molar-refractivity contribution in [3.8, 4) is 22.9 Å². The SMILES string of the molecule is COc1cc(OC)cc(-c2nnc3n2N=C(c2ccc(C)cc2)CS3)c1. The lowest BCUT2D eigenvalue weighted by molar-refractivity contribution is 0.394. The van der Waals surface area contributed by atoms with Gasteiger partial charge < -0.3 is 9.47 Å². The van der Waals surface area contributed by atoms with Gasteiger partial charge in [-0.1, -0.05) is 41.6 Å². The minimum atomic E-state index is 0.661. The van der Waals surface area contributed by atoms with Gasteiger partial charge in [-0.15, -0.1) is 10.2 Å². The Kier molecular flexibility index (Phi) is 4.38. The van der Waals surface area contributed by atoms with E-state index in [0.29, 0.717) is 17.3 Å². The van der Waals surface area contributed by atoms with Crippen LogP contribution in [0.25, 0.3) is 11.4 Å². The van der Waals surface area contributed by atoms with Gasteiger partial charge in [-0.3, -0.25) is 0 Å². The van der Waals surface area contributed by atoms with Gasteiger partial charge in [0.1, 0.15) is 11.5 Å². The van der Waals surface area contributed by atoms with Crippen LogP contribution < -0.4 is 9.47 Å². The normalized spacial score (nSPS) is 13.1. The van der Waals surface area contributed by atoms with E-state index in [1.54, 1.807) is 30.7 Å². The molecule has 0 amide bonds. The first-order chi connectivity index (χ1) is 12.7. The number of rotatable bonds is 4. The summed E-state index contributed by atoms with van der Waals surface area (Å²) in [6.45, 7) is 2.08. The van der Waals surface area contributed by atoms with Crippen LogP contribution in [0.4, 0.5) is 0 Å². The van der Waals surface area contributed by atoms with Gasteiger partial charge in [-0.05, 0) is 24.6 Å². The topological polar surface area (TPSA) is 61.5 Å². The number of ether oxygens (including phenoxy) is 2. The van der Waals surface area contributed by atoms with Crippen molar-refractivity contribution in [2.45, 2.75) is 12.1 Å². The number of aromatic nitrogens is 3. The molecule has 4 rings (SSSR count). The average molecular weight is 366 g/mol.